The summed E-state index contributed by atoms with van der Waals surface area (Å²) in [5.41, 5.74) is 14.3. The Labute approximate surface area is 189 Å². The van der Waals surface area contributed by atoms with Gasteiger partial charge in [-0.1, -0.05) is 40.2 Å². The zero-order valence-corrected chi connectivity index (χ0v) is 18.7. The Morgan fingerprint density at radius 1 is 0.645 bits per heavy atom. The maximum absolute atomic E-state index is 13.0. The van der Waals surface area contributed by atoms with Gasteiger partial charge in [-0.2, -0.15) is 0 Å². The lowest BCUT2D eigenvalue weighted by Gasteiger charge is -2.09. The van der Waals surface area contributed by atoms with Gasteiger partial charge >= 0.3 is 0 Å². The number of halogens is 1. The minimum absolute atomic E-state index is 0.193. The summed E-state index contributed by atoms with van der Waals surface area (Å²) in [5.74, 6) is 1.21. The van der Waals surface area contributed by atoms with Crippen LogP contribution < -0.4 is 16.2 Å². The van der Waals surface area contributed by atoms with Gasteiger partial charge in [0.1, 0.15) is 11.5 Å². The number of hydrogen-bond donors (Lipinski definition) is 2. The second-order valence-corrected chi connectivity index (χ2v) is 9.77. The molecule has 0 fully saturated rings. The number of nitrogen functional groups attached to an aromatic ring is 2. The highest BCUT2D eigenvalue weighted by Gasteiger charge is 2.18. The Hall–Kier alpha value is -3.29. The lowest BCUT2D eigenvalue weighted by atomic mass is 10.0. The summed E-state index contributed by atoms with van der Waals surface area (Å²) in [6.07, 6.45) is 0. The molecule has 4 aromatic rings. The van der Waals surface area contributed by atoms with Crippen molar-refractivity contribution < 1.29 is 13.2 Å². The van der Waals surface area contributed by atoms with E-state index in [1.54, 1.807) is 48.5 Å². The van der Waals surface area contributed by atoms with Crippen LogP contribution >= 0.6 is 15.9 Å². The lowest BCUT2D eigenvalue weighted by Crippen LogP contribution is -2.02. The molecule has 0 spiro atoms. The zero-order chi connectivity index (χ0) is 22.0. The molecule has 0 aliphatic heterocycles. The fourth-order valence-corrected chi connectivity index (χ4v) is 4.71. The van der Waals surface area contributed by atoms with E-state index in [1.807, 2.05) is 30.3 Å². The first-order chi connectivity index (χ1) is 14.8. The summed E-state index contributed by atoms with van der Waals surface area (Å²) in [6.45, 7) is 0. The number of sulfone groups is 1. The molecule has 0 saturated heterocycles. The molecule has 0 radical (unpaired) electrons. The minimum Gasteiger partial charge on any atom is -0.457 e. The largest absolute Gasteiger partial charge is 0.457 e. The van der Waals surface area contributed by atoms with Gasteiger partial charge in [-0.3, -0.25) is 0 Å². The summed E-state index contributed by atoms with van der Waals surface area (Å²) < 4.78 is 32.7. The highest BCUT2D eigenvalue weighted by molar-refractivity contribution is 9.10. The predicted molar refractivity (Wildman–Crippen MR) is 127 cm³/mol. The van der Waals surface area contributed by atoms with E-state index >= 15 is 0 Å². The summed E-state index contributed by atoms with van der Waals surface area (Å²) >= 11 is 3.39. The number of anilines is 2. The monoisotopic (exact) mass is 494 g/mol. The zero-order valence-electron chi connectivity index (χ0n) is 16.3. The maximum atomic E-state index is 13.0. The number of benzene rings is 4. The van der Waals surface area contributed by atoms with Crippen molar-refractivity contribution in [1.29, 1.82) is 0 Å². The van der Waals surface area contributed by atoms with Gasteiger partial charge in [-0.15, -0.1) is 0 Å². The Balaban J connectivity index is 1.55. The molecule has 0 atom stereocenters. The van der Waals surface area contributed by atoms with Crippen LogP contribution in [0.15, 0.2) is 105 Å². The van der Waals surface area contributed by atoms with Crippen molar-refractivity contribution in [1.82, 2.24) is 0 Å². The first-order valence-electron chi connectivity index (χ1n) is 9.37. The molecule has 5 nitrogen and oxygen atoms in total. The van der Waals surface area contributed by atoms with Gasteiger partial charge in [-0.05, 0) is 77.9 Å². The van der Waals surface area contributed by atoms with Gasteiger partial charge in [0.15, 0.2) is 0 Å². The molecule has 4 aromatic carbocycles. The minimum atomic E-state index is -3.66. The molecule has 0 unspecified atom stereocenters. The van der Waals surface area contributed by atoms with E-state index in [0.717, 1.165) is 15.6 Å². The Bertz CT molecular complexity index is 1340. The third-order valence-electron chi connectivity index (χ3n) is 4.75. The van der Waals surface area contributed by atoms with Crippen LogP contribution in [0.1, 0.15) is 0 Å². The van der Waals surface area contributed by atoms with Crippen molar-refractivity contribution in [3.05, 3.63) is 95.5 Å². The van der Waals surface area contributed by atoms with Crippen LogP contribution in [0, 0.1) is 0 Å². The van der Waals surface area contributed by atoms with Crippen molar-refractivity contribution in [2.75, 3.05) is 11.5 Å². The van der Waals surface area contributed by atoms with Crippen molar-refractivity contribution in [3.8, 4) is 22.6 Å². The topological polar surface area (TPSA) is 95.4 Å². The van der Waals surface area contributed by atoms with E-state index in [0.29, 0.717) is 22.9 Å². The number of hydrogen-bond acceptors (Lipinski definition) is 5. The summed E-state index contributed by atoms with van der Waals surface area (Å²) in [6, 6.07) is 25.8. The van der Waals surface area contributed by atoms with E-state index in [4.69, 9.17) is 16.2 Å². The van der Waals surface area contributed by atoms with Crippen LogP contribution in [0.5, 0.6) is 11.5 Å². The van der Waals surface area contributed by atoms with Crippen LogP contribution in [-0.2, 0) is 9.84 Å². The molecule has 156 valence electrons. The number of rotatable bonds is 5. The highest BCUT2D eigenvalue weighted by atomic mass is 79.9. The predicted octanol–water partition coefficient (Wildman–Crippen LogP) is 5.91. The fourth-order valence-electron chi connectivity index (χ4n) is 3.07. The van der Waals surface area contributed by atoms with Crippen LogP contribution in [0.4, 0.5) is 11.4 Å². The second-order valence-electron chi connectivity index (χ2n) is 6.90. The van der Waals surface area contributed by atoms with Crippen LogP contribution in [0.25, 0.3) is 11.1 Å². The first-order valence-corrected chi connectivity index (χ1v) is 11.6. The molecular weight excluding hydrogens is 476 g/mol. The van der Waals surface area contributed by atoms with Gasteiger partial charge in [0, 0.05) is 4.47 Å². The summed E-state index contributed by atoms with van der Waals surface area (Å²) in [4.78, 5) is 0.402. The first kappa shape index (κ1) is 21.0. The fraction of sp³-hybridized carbons (Fsp3) is 0. The molecule has 31 heavy (non-hydrogen) atoms. The summed E-state index contributed by atoms with van der Waals surface area (Å²) in [5, 5.41) is 0. The van der Waals surface area contributed by atoms with Gasteiger partial charge in [0.25, 0.3) is 0 Å². The van der Waals surface area contributed by atoms with Gasteiger partial charge in [-0.25, -0.2) is 8.42 Å². The Kier molecular flexibility index (Phi) is 5.71. The Morgan fingerprint density at radius 3 is 1.87 bits per heavy atom. The van der Waals surface area contributed by atoms with E-state index in [9.17, 15) is 8.42 Å². The second kappa shape index (κ2) is 8.45. The molecule has 0 aliphatic carbocycles. The molecule has 0 aliphatic rings. The normalized spacial score (nSPS) is 11.3. The third kappa shape index (κ3) is 4.57. The van der Waals surface area contributed by atoms with Crippen LogP contribution in [0.2, 0.25) is 0 Å². The molecule has 0 saturated carbocycles. The smallest absolute Gasteiger partial charge is 0.206 e. The standard InChI is InChI=1S/C24H19BrN2O3S/c25-18-2-1-3-20(15-18)30-19-7-11-22(12-8-19)31(28,29)21-9-4-16(5-10-21)17-6-13-23(26)24(27)14-17/h1-15H,26-27H2. The van der Waals surface area contributed by atoms with Crippen LogP contribution in [-0.4, -0.2) is 8.42 Å². The van der Waals surface area contributed by atoms with Gasteiger partial charge in [0.2, 0.25) is 9.84 Å². The van der Waals surface area contributed by atoms with E-state index in [1.165, 1.54) is 12.1 Å². The molecule has 0 bridgehead atoms. The average Bonchev–Trinajstić information content (AvgIpc) is 2.76. The van der Waals surface area contributed by atoms with Crippen molar-refractivity contribution in [2.45, 2.75) is 9.79 Å². The number of nitrogens with two attached hydrogens (primary N) is 2. The SMILES string of the molecule is Nc1ccc(-c2ccc(S(=O)(=O)c3ccc(Oc4cccc(Br)c4)cc3)cc2)cc1N. The average molecular weight is 495 g/mol. The lowest BCUT2D eigenvalue weighted by molar-refractivity contribution is 0.482. The van der Waals surface area contributed by atoms with E-state index in [-0.39, 0.29) is 9.79 Å². The quantitative estimate of drug-likeness (QED) is 0.336. The van der Waals surface area contributed by atoms with Crippen molar-refractivity contribution >= 4 is 37.1 Å². The van der Waals surface area contributed by atoms with E-state index in [2.05, 4.69) is 15.9 Å². The van der Waals surface area contributed by atoms with Crippen molar-refractivity contribution in [2.24, 2.45) is 0 Å². The highest BCUT2D eigenvalue weighted by Crippen LogP contribution is 2.30. The molecule has 4 rings (SSSR count). The summed E-state index contributed by atoms with van der Waals surface area (Å²) in [7, 11) is -3.66. The molecule has 0 heterocycles. The van der Waals surface area contributed by atoms with Crippen molar-refractivity contribution in [3.63, 3.8) is 0 Å². The molecule has 4 N–H and O–H groups in total. The molecule has 7 heteroatoms. The third-order valence-corrected chi connectivity index (χ3v) is 7.03. The maximum Gasteiger partial charge on any atom is 0.206 e. The van der Waals surface area contributed by atoms with Crippen LogP contribution in [0.3, 0.4) is 0 Å². The number of ether oxygens (including phenoxy) is 1. The van der Waals surface area contributed by atoms with Gasteiger partial charge in [0.05, 0.1) is 21.2 Å². The molecule has 0 amide bonds. The van der Waals surface area contributed by atoms with Gasteiger partial charge < -0.3 is 16.2 Å². The Morgan fingerprint density at radius 2 is 1.26 bits per heavy atom. The molecular formula is C24H19BrN2O3S. The molecule has 0 aromatic heterocycles. The van der Waals surface area contributed by atoms with E-state index < -0.39 is 9.84 Å².